The Hall–Kier alpha value is -1.61. The van der Waals surface area contributed by atoms with Gasteiger partial charge in [0.1, 0.15) is 5.71 Å². The van der Waals surface area contributed by atoms with Crippen molar-refractivity contribution in [1.29, 1.82) is 0 Å². The highest BCUT2D eigenvalue weighted by atomic mass is 35.5. The minimum Gasteiger partial charge on any atom is -0.480 e. The first-order valence-electron chi connectivity index (χ1n) is 8.20. The van der Waals surface area contributed by atoms with Crippen molar-refractivity contribution < 1.29 is 19.0 Å². The van der Waals surface area contributed by atoms with Crippen molar-refractivity contribution in [3.63, 3.8) is 0 Å². The Kier molecular flexibility index (Phi) is 10.3. The van der Waals surface area contributed by atoms with Crippen LogP contribution in [0.3, 0.4) is 0 Å². The highest BCUT2D eigenvalue weighted by Crippen LogP contribution is 2.24. The van der Waals surface area contributed by atoms with Crippen molar-refractivity contribution in [2.24, 2.45) is 15.0 Å². The topological polar surface area (TPSA) is 79.0 Å². The van der Waals surface area contributed by atoms with E-state index in [0.29, 0.717) is 5.57 Å². The third kappa shape index (κ3) is 5.70. The lowest BCUT2D eigenvalue weighted by Crippen LogP contribution is -2.40. The normalized spacial score (nSPS) is 25.6. The molecule has 0 radical (unpaired) electrons. The zero-order chi connectivity index (χ0) is 19.5. The second kappa shape index (κ2) is 11.9. The molecule has 0 amide bonds. The van der Waals surface area contributed by atoms with Gasteiger partial charge in [-0.3, -0.25) is 9.89 Å². The van der Waals surface area contributed by atoms with Crippen molar-refractivity contribution in [2.45, 2.75) is 18.9 Å². The van der Waals surface area contributed by atoms with E-state index in [1.807, 2.05) is 0 Å². The van der Waals surface area contributed by atoms with E-state index in [9.17, 15) is 4.39 Å². The summed E-state index contributed by atoms with van der Waals surface area (Å²) in [5.74, 6) is -0.548. The molecule has 0 aromatic carbocycles. The quantitative estimate of drug-likeness (QED) is 0.446. The van der Waals surface area contributed by atoms with Crippen molar-refractivity contribution in [3.05, 3.63) is 22.4 Å². The second-order valence-electron chi connectivity index (χ2n) is 5.42. The van der Waals surface area contributed by atoms with Gasteiger partial charge in [-0.1, -0.05) is 11.6 Å². The number of hydrogen-bond donors (Lipinski definition) is 1. The van der Waals surface area contributed by atoms with Crippen LogP contribution in [0.5, 0.6) is 0 Å². The van der Waals surface area contributed by atoms with E-state index in [0.717, 1.165) is 26.4 Å². The minimum atomic E-state index is -0.699. The smallest absolute Gasteiger partial charge is 0.223 e. The maximum absolute atomic E-state index is 13.5. The number of aliphatic imine (C=N–C) groups is 3. The Bertz CT molecular complexity index is 593. The minimum absolute atomic E-state index is 0.0549. The van der Waals surface area contributed by atoms with Gasteiger partial charge >= 0.3 is 0 Å². The van der Waals surface area contributed by atoms with E-state index in [4.69, 9.17) is 26.2 Å². The van der Waals surface area contributed by atoms with Crippen molar-refractivity contribution in [1.82, 2.24) is 4.90 Å². The van der Waals surface area contributed by atoms with Crippen LogP contribution in [-0.2, 0) is 9.47 Å². The molecule has 0 spiro atoms. The average molecular weight is 389 g/mol. The predicted octanol–water partition coefficient (Wildman–Crippen LogP) is 2.17. The molecule has 0 aromatic heterocycles. The lowest BCUT2D eigenvalue weighted by atomic mass is 10.1. The van der Waals surface area contributed by atoms with Crippen LogP contribution in [0.1, 0.15) is 12.8 Å². The Morgan fingerprint density at radius 2 is 2.23 bits per heavy atom. The summed E-state index contributed by atoms with van der Waals surface area (Å²) in [6.07, 6.45) is 4.08. The van der Waals surface area contributed by atoms with Gasteiger partial charge in [-0.05, 0) is 26.1 Å². The fourth-order valence-corrected chi connectivity index (χ4v) is 3.01. The van der Waals surface area contributed by atoms with E-state index >= 15 is 0 Å². The molecular weight excluding hydrogens is 363 g/mol. The summed E-state index contributed by atoms with van der Waals surface area (Å²) >= 11 is 5.51. The Morgan fingerprint density at radius 1 is 1.50 bits per heavy atom. The number of rotatable bonds is 2. The molecule has 0 bridgehead atoms. The number of ether oxygens (including phenoxy) is 2. The van der Waals surface area contributed by atoms with Crippen LogP contribution in [-0.4, -0.2) is 82.3 Å². The van der Waals surface area contributed by atoms with E-state index < -0.39 is 5.83 Å². The molecule has 3 aliphatic rings. The standard InChI is InChI=1S/C9H9ClFN3O.C7H13NO.CH4O/c1-12-7-5(9(13-2)15-3)4-14-8(10)6(7)11;1-2-7-6-9-5-4-8(7)3-1;1-2/h4H,2H2,1,3H3;7H,1-6H2;2H,1H3/b9-5+,12-7?;;. The van der Waals surface area contributed by atoms with Gasteiger partial charge in [0, 0.05) is 33.0 Å². The number of nitrogens with zero attached hydrogens (tertiary/aromatic N) is 4. The van der Waals surface area contributed by atoms with Crippen LogP contribution in [0.25, 0.3) is 0 Å². The summed E-state index contributed by atoms with van der Waals surface area (Å²) in [4.78, 5) is 13.5. The number of aliphatic hydroxyl groups excluding tert-OH is 1. The molecule has 0 aromatic rings. The highest BCUT2D eigenvalue weighted by molar-refractivity contribution is 6.37. The monoisotopic (exact) mass is 388 g/mol. The largest absolute Gasteiger partial charge is 0.480 e. The molecule has 9 heteroatoms. The average Bonchev–Trinajstić information content (AvgIpc) is 3.16. The van der Waals surface area contributed by atoms with Gasteiger partial charge in [0.05, 0.1) is 25.9 Å². The third-order valence-electron chi connectivity index (χ3n) is 4.07. The zero-order valence-electron chi connectivity index (χ0n) is 15.4. The molecule has 3 rings (SSSR count). The molecule has 1 N–H and O–H groups in total. The number of hydrogen-bond acceptors (Lipinski definition) is 7. The predicted molar refractivity (Wildman–Crippen MR) is 103 cm³/mol. The fourth-order valence-electron chi connectivity index (χ4n) is 2.87. The molecule has 7 nitrogen and oxygen atoms in total. The Labute approximate surface area is 158 Å². The lowest BCUT2D eigenvalue weighted by molar-refractivity contribution is 0.0129. The molecule has 3 heterocycles. The van der Waals surface area contributed by atoms with Gasteiger partial charge in [0.2, 0.25) is 5.88 Å². The first-order chi connectivity index (χ1) is 12.6. The second-order valence-corrected chi connectivity index (χ2v) is 5.78. The van der Waals surface area contributed by atoms with Gasteiger partial charge in [0.25, 0.3) is 0 Å². The summed E-state index contributed by atoms with van der Waals surface area (Å²) in [7, 11) is 3.84. The molecule has 2 saturated heterocycles. The van der Waals surface area contributed by atoms with E-state index in [-0.39, 0.29) is 16.8 Å². The summed E-state index contributed by atoms with van der Waals surface area (Å²) in [5.41, 5.74) is 0.371. The maximum Gasteiger partial charge on any atom is 0.223 e. The zero-order valence-corrected chi connectivity index (χ0v) is 16.2. The molecule has 0 saturated carbocycles. The van der Waals surface area contributed by atoms with Crippen LogP contribution in [0, 0.1) is 0 Å². The number of morpholine rings is 1. The van der Waals surface area contributed by atoms with E-state index in [1.165, 1.54) is 46.3 Å². The van der Waals surface area contributed by atoms with Crippen LogP contribution < -0.4 is 0 Å². The van der Waals surface area contributed by atoms with Crippen LogP contribution in [0.15, 0.2) is 37.4 Å². The van der Waals surface area contributed by atoms with Crippen LogP contribution in [0.2, 0.25) is 0 Å². The van der Waals surface area contributed by atoms with Crippen molar-refractivity contribution in [3.8, 4) is 0 Å². The summed E-state index contributed by atoms with van der Waals surface area (Å²) in [5, 5.41) is 6.76. The number of halogens is 2. The number of allylic oxidation sites excluding steroid dienone is 2. The Balaban J connectivity index is 0.000000259. The Morgan fingerprint density at radius 3 is 2.81 bits per heavy atom. The van der Waals surface area contributed by atoms with Crippen LogP contribution >= 0.6 is 11.6 Å². The molecule has 26 heavy (non-hydrogen) atoms. The van der Waals surface area contributed by atoms with E-state index in [2.05, 4.69) is 26.6 Å². The van der Waals surface area contributed by atoms with Gasteiger partial charge in [-0.2, -0.15) is 0 Å². The molecule has 1 atom stereocenters. The van der Waals surface area contributed by atoms with Crippen molar-refractivity contribution >= 4 is 30.2 Å². The maximum atomic E-state index is 13.5. The molecule has 1 unspecified atom stereocenters. The van der Waals surface area contributed by atoms with Crippen molar-refractivity contribution in [2.75, 3.05) is 47.6 Å². The SMILES string of the molecule is C1CC2COCCN2C1.C=N/C(OC)=C1/C=NC(Cl)=C(F)C1=NC.CO. The molecule has 146 valence electrons. The molecule has 0 aliphatic carbocycles. The summed E-state index contributed by atoms with van der Waals surface area (Å²) < 4.78 is 23.7. The number of methoxy groups -OCH3 is 1. The molecule has 2 fully saturated rings. The summed E-state index contributed by atoms with van der Waals surface area (Å²) in [6, 6.07) is 0.777. The number of aliphatic hydroxyl groups is 1. The first-order valence-corrected chi connectivity index (χ1v) is 8.58. The number of fused-ring (bicyclic) bond motifs is 1. The van der Waals surface area contributed by atoms with Gasteiger partial charge in [-0.15, -0.1) is 0 Å². The lowest BCUT2D eigenvalue weighted by Gasteiger charge is -2.28. The van der Waals surface area contributed by atoms with Gasteiger partial charge < -0.3 is 14.6 Å². The fraction of sp³-hybridized carbons (Fsp3) is 0.588. The summed E-state index contributed by atoms with van der Waals surface area (Å²) in [6.45, 7) is 7.72. The third-order valence-corrected chi connectivity index (χ3v) is 4.34. The molecule has 3 aliphatic heterocycles. The van der Waals surface area contributed by atoms with E-state index in [1.54, 1.807) is 0 Å². The van der Waals surface area contributed by atoms with Gasteiger partial charge in [0.15, 0.2) is 11.0 Å². The first kappa shape index (κ1) is 22.4. The highest BCUT2D eigenvalue weighted by Gasteiger charge is 2.26. The van der Waals surface area contributed by atoms with Gasteiger partial charge in [-0.25, -0.2) is 14.4 Å². The van der Waals surface area contributed by atoms with Crippen LogP contribution in [0.4, 0.5) is 4.39 Å². The molecular formula is C17H26ClFN4O3.